The van der Waals surface area contributed by atoms with E-state index in [1.54, 1.807) is 0 Å². The van der Waals surface area contributed by atoms with E-state index < -0.39 is 0 Å². The SMILES string of the molecule is CCCCCC[C@H]1C[C@@H](C)OC(C(C)C)O1. The van der Waals surface area contributed by atoms with E-state index in [4.69, 9.17) is 9.47 Å². The van der Waals surface area contributed by atoms with Crippen molar-refractivity contribution in [3.8, 4) is 0 Å². The maximum Gasteiger partial charge on any atom is 0.160 e. The first-order valence-corrected chi connectivity index (χ1v) is 6.94. The molecule has 96 valence electrons. The summed E-state index contributed by atoms with van der Waals surface area (Å²) in [6.45, 7) is 8.74. The quantitative estimate of drug-likeness (QED) is 0.636. The largest absolute Gasteiger partial charge is 0.349 e. The van der Waals surface area contributed by atoms with Crippen molar-refractivity contribution < 1.29 is 9.47 Å². The lowest BCUT2D eigenvalue weighted by molar-refractivity contribution is -0.256. The number of ether oxygens (including phenoxy) is 2. The zero-order chi connectivity index (χ0) is 12.0. The zero-order valence-electron chi connectivity index (χ0n) is 11.4. The maximum absolute atomic E-state index is 5.98. The van der Waals surface area contributed by atoms with Crippen LogP contribution in [0.4, 0.5) is 0 Å². The van der Waals surface area contributed by atoms with Gasteiger partial charge in [0.25, 0.3) is 0 Å². The molecule has 0 aromatic rings. The molecule has 0 aromatic carbocycles. The minimum atomic E-state index is 0.0138. The number of rotatable bonds is 6. The Morgan fingerprint density at radius 1 is 1.12 bits per heavy atom. The van der Waals surface area contributed by atoms with Crippen molar-refractivity contribution in [2.45, 2.75) is 84.7 Å². The molecule has 0 aliphatic carbocycles. The van der Waals surface area contributed by atoms with Gasteiger partial charge in [-0.2, -0.15) is 0 Å². The first kappa shape index (κ1) is 14.0. The van der Waals surface area contributed by atoms with Gasteiger partial charge in [0.2, 0.25) is 0 Å². The highest BCUT2D eigenvalue weighted by molar-refractivity contribution is 4.71. The molecule has 16 heavy (non-hydrogen) atoms. The van der Waals surface area contributed by atoms with Gasteiger partial charge in [0.15, 0.2) is 6.29 Å². The molecule has 1 aliphatic rings. The fourth-order valence-corrected chi connectivity index (χ4v) is 2.23. The summed E-state index contributed by atoms with van der Waals surface area (Å²) in [5, 5.41) is 0. The minimum Gasteiger partial charge on any atom is -0.349 e. The molecular formula is C14H28O2. The van der Waals surface area contributed by atoms with Crippen molar-refractivity contribution in [3.05, 3.63) is 0 Å². The Morgan fingerprint density at radius 2 is 1.88 bits per heavy atom. The third-order valence-corrected chi connectivity index (χ3v) is 3.21. The van der Waals surface area contributed by atoms with Crippen LogP contribution in [0.25, 0.3) is 0 Å². The molecule has 0 aromatic heterocycles. The molecule has 0 amide bonds. The van der Waals surface area contributed by atoms with Gasteiger partial charge in [-0.15, -0.1) is 0 Å². The Bertz CT molecular complexity index is 180. The third-order valence-electron chi connectivity index (χ3n) is 3.21. The van der Waals surface area contributed by atoms with Crippen molar-refractivity contribution in [2.24, 2.45) is 5.92 Å². The van der Waals surface area contributed by atoms with E-state index in [0.29, 0.717) is 18.1 Å². The van der Waals surface area contributed by atoms with E-state index in [0.717, 1.165) is 6.42 Å². The van der Waals surface area contributed by atoms with Crippen molar-refractivity contribution in [2.75, 3.05) is 0 Å². The summed E-state index contributed by atoms with van der Waals surface area (Å²) < 4.78 is 11.8. The number of unbranched alkanes of at least 4 members (excludes halogenated alkanes) is 3. The summed E-state index contributed by atoms with van der Waals surface area (Å²) in [7, 11) is 0. The molecule has 1 aliphatic heterocycles. The normalized spacial score (nSPS) is 30.9. The molecule has 0 radical (unpaired) electrons. The molecule has 2 nitrogen and oxygen atoms in total. The molecule has 2 heteroatoms. The van der Waals surface area contributed by atoms with Crippen LogP contribution in [0.2, 0.25) is 0 Å². The molecule has 0 bridgehead atoms. The monoisotopic (exact) mass is 228 g/mol. The van der Waals surface area contributed by atoms with Crippen LogP contribution in [0, 0.1) is 5.92 Å². The fraction of sp³-hybridized carbons (Fsp3) is 1.00. The second kappa shape index (κ2) is 7.29. The maximum atomic E-state index is 5.98. The molecule has 0 N–H and O–H groups in total. The predicted molar refractivity (Wildman–Crippen MR) is 67.4 cm³/mol. The predicted octanol–water partition coefficient (Wildman–Crippen LogP) is 4.13. The van der Waals surface area contributed by atoms with Crippen molar-refractivity contribution in [3.63, 3.8) is 0 Å². The average molecular weight is 228 g/mol. The van der Waals surface area contributed by atoms with Crippen LogP contribution < -0.4 is 0 Å². The highest BCUT2D eigenvalue weighted by atomic mass is 16.7. The number of hydrogen-bond donors (Lipinski definition) is 0. The van der Waals surface area contributed by atoms with Crippen LogP contribution >= 0.6 is 0 Å². The fourth-order valence-electron chi connectivity index (χ4n) is 2.23. The van der Waals surface area contributed by atoms with Crippen LogP contribution in [-0.4, -0.2) is 18.5 Å². The molecule has 0 spiro atoms. The van der Waals surface area contributed by atoms with Gasteiger partial charge in [-0.1, -0.05) is 46.5 Å². The van der Waals surface area contributed by atoms with Crippen LogP contribution in [0.5, 0.6) is 0 Å². The van der Waals surface area contributed by atoms with Crippen LogP contribution in [-0.2, 0) is 9.47 Å². The van der Waals surface area contributed by atoms with E-state index in [9.17, 15) is 0 Å². The molecule has 1 rings (SSSR count). The number of hydrogen-bond acceptors (Lipinski definition) is 2. The van der Waals surface area contributed by atoms with Crippen LogP contribution in [0.1, 0.15) is 66.2 Å². The van der Waals surface area contributed by atoms with Gasteiger partial charge in [-0.05, 0) is 19.8 Å². The van der Waals surface area contributed by atoms with E-state index in [2.05, 4.69) is 27.7 Å². The van der Waals surface area contributed by atoms with E-state index in [1.807, 2.05) is 0 Å². The van der Waals surface area contributed by atoms with Crippen LogP contribution in [0.3, 0.4) is 0 Å². The van der Waals surface area contributed by atoms with Gasteiger partial charge in [0.05, 0.1) is 12.2 Å². The first-order valence-electron chi connectivity index (χ1n) is 6.94. The third kappa shape index (κ3) is 4.84. The summed E-state index contributed by atoms with van der Waals surface area (Å²) in [6.07, 6.45) is 8.37. The summed E-state index contributed by atoms with van der Waals surface area (Å²) >= 11 is 0. The second-order valence-corrected chi connectivity index (χ2v) is 5.40. The Morgan fingerprint density at radius 3 is 2.50 bits per heavy atom. The lowest BCUT2D eigenvalue weighted by Gasteiger charge is -2.36. The van der Waals surface area contributed by atoms with E-state index in [1.165, 1.54) is 32.1 Å². The molecular weight excluding hydrogens is 200 g/mol. The second-order valence-electron chi connectivity index (χ2n) is 5.40. The molecule has 1 fully saturated rings. The molecule has 1 saturated heterocycles. The Balaban J connectivity index is 2.25. The highest BCUT2D eigenvalue weighted by Crippen LogP contribution is 2.26. The summed E-state index contributed by atoms with van der Waals surface area (Å²) in [5.41, 5.74) is 0. The molecule has 1 unspecified atom stereocenters. The Kier molecular flexibility index (Phi) is 6.37. The summed E-state index contributed by atoms with van der Waals surface area (Å²) in [6, 6.07) is 0. The van der Waals surface area contributed by atoms with Gasteiger partial charge < -0.3 is 9.47 Å². The van der Waals surface area contributed by atoms with Crippen molar-refractivity contribution >= 4 is 0 Å². The van der Waals surface area contributed by atoms with Gasteiger partial charge in [-0.3, -0.25) is 0 Å². The summed E-state index contributed by atoms with van der Waals surface area (Å²) in [4.78, 5) is 0. The Labute approximate surface area is 101 Å². The zero-order valence-corrected chi connectivity index (χ0v) is 11.4. The average Bonchev–Trinajstić information content (AvgIpc) is 2.23. The van der Waals surface area contributed by atoms with Gasteiger partial charge in [0, 0.05) is 5.92 Å². The lowest BCUT2D eigenvalue weighted by atomic mass is 10.0. The lowest BCUT2D eigenvalue weighted by Crippen LogP contribution is -2.39. The topological polar surface area (TPSA) is 18.5 Å². The molecule has 1 heterocycles. The minimum absolute atomic E-state index is 0.0138. The Hall–Kier alpha value is -0.0800. The standard InChI is InChI=1S/C14H28O2/c1-5-6-7-8-9-13-10-12(4)15-14(16-13)11(2)3/h11-14H,5-10H2,1-4H3/t12-,13+,14?/m1/s1. The van der Waals surface area contributed by atoms with E-state index in [-0.39, 0.29) is 6.29 Å². The van der Waals surface area contributed by atoms with Crippen molar-refractivity contribution in [1.29, 1.82) is 0 Å². The molecule has 3 atom stereocenters. The summed E-state index contributed by atoms with van der Waals surface area (Å²) in [5.74, 6) is 0.459. The molecule has 0 saturated carbocycles. The smallest absolute Gasteiger partial charge is 0.160 e. The van der Waals surface area contributed by atoms with Crippen molar-refractivity contribution in [1.82, 2.24) is 0 Å². The van der Waals surface area contributed by atoms with Gasteiger partial charge in [-0.25, -0.2) is 0 Å². The first-order chi connectivity index (χ1) is 7.63. The highest BCUT2D eigenvalue weighted by Gasteiger charge is 2.28. The van der Waals surface area contributed by atoms with Gasteiger partial charge in [0.1, 0.15) is 0 Å². The van der Waals surface area contributed by atoms with Gasteiger partial charge >= 0.3 is 0 Å². The van der Waals surface area contributed by atoms with Crippen LogP contribution in [0.15, 0.2) is 0 Å². The van der Waals surface area contributed by atoms with E-state index >= 15 is 0 Å².